The first kappa shape index (κ1) is 18.8. The van der Waals surface area contributed by atoms with Crippen molar-refractivity contribution in [2.45, 2.75) is 19.9 Å². The van der Waals surface area contributed by atoms with Crippen molar-refractivity contribution in [3.63, 3.8) is 0 Å². The van der Waals surface area contributed by atoms with Crippen molar-refractivity contribution in [2.75, 3.05) is 0 Å². The van der Waals surface area contributed by atoms with E-state index in [9.17, 15) is 13.2 Å². The van der Waals surface area contributed by atoms with E-state index in [0.717, 1.165) is 17.0 Å². The molecule has 0 aliphatic rings. The molecule has 148 valence electrons. The highest BCUT2D eigenvalue weighted by molar-refractivity contribution is 5.87. The van der Waals surface area contributed by atoms with Crippen LogP contribution in [0, 0.1) is 6.92 Å². The minimum absolute atomic E-state index is 0.233. The summed E-state index contributed by atoms with van der Waals surface area (Å²) in [6.07, 6.45) is -4.72. The number of halogens is 3. The Balaban J connectivity index is 1.56. The minimum atomic E-state index is -4.72. The van der Waals surface area contributed by atoms with Crippen LogP contribution in [-0.2, 0) is 6.61 Å². The molecule has 0 bridgehead atoms. The summed E-state index contributed by atoms with van der Waals surface area (Å²) < 4.78 is 51.9. The molecule has 0 aliphatic carbocycles. The lowest BCUT2D eigenvalue weighted by molar-refractivity contribution is -0.274. The molecule has 0 saturated carbocycles. The van der Waals surface area contributed by atoms with Crippen LogP contribution in [0.2, 0.25) is 0 Å². The van der Waals surface area contributed by atoms with E-state index in [1.165, 1.54) is 12.1 Å². The Morgan fingerprint density at radius 2 is 1.72 bits per heavy atom. The van der Waals surface area contributed by atoms with Gasteiger partial charge in [0.2, 0.25) is 0 Å². The number of rotatable bonds is 5. The van der Waals surface area contributed by atoms with Crippen LogP contribution in [0.4, 0.5) is 13.2 Å². The Morgan fingerprint density at radius 3 is 2.45 bits per heavy atom. The van der Waals surface area contributed by atoms with Gasteiger partial charge >= 0.3 is 6.36 Å². The van der Waals surface area contributed by atoms with Crippen LogP contribution in [0.5, 0.6) is 11.6 Å². The first-order valence-corrected chi connectivity index (χ1v) is 8.68. The first-order valence-electron chi connectivity index (χ1n) is 8.68. The van der Waals surface area contributed by atoms with Crippen molar-refractivity contribution in [2.24, 2.45) is 0 Å². The van der Waals surface area contributed by atoms with E-state index in [4.69, 9.17) is 9.26 Å². The van der Waals surface area contributed by atoms with Gasteiger partial charge in [0.15, 0.2) is 5.58 Å². The fourth-order valence-corrected chi connectivity index (χ4v) is 2.87. The monoisotopic (exact) mass is 400 g/mol. The molecule has 0 saturated heterocycles. The van der Waals surface area contributed by atoms with Crippen LogP contribution in [0.1, 0.15) is 11.4 Å². The van der Waals surface area contributed by atoms with Gasteiger partial charge in [-0.05, 0) is 59.6 Å². The molecule has 0 amide bonds. The second-order valence-corrected chi connectivity index (χ2v) is 6.33. The van der Waals surface area contributed by atoms with Crippen LogP contribution in [-0.4, -0.2) is 16.5 Å². The molecule has 2 aromatic heterocycles. The van der Waals surface area contributed by atoms with Gasteiger partial charge in [0.25, 0.3) is 5.88 Å². The van der Waals surface area contributed by atoms with Crippen molar-refractivity contribution < 1.29 is 27.2 Å². The van der Waals surface area contributed by atoms with Crippen LogP contribution < -0.4 is 9.47 Å². The van der Waals surface area contributed by atoms with Gasteiger partial charge in [-0.25, -0.2) is 0 Å². The van der Waals surface area contributed by atoms with E-state index >= 15 is 0 Å². The number of pyridine rings is 1. The van der Waals surface area contributed by atoms with Crippen molar-refractivity contribution in [3.8, 4) is 22.8 Å². The summed E-state index contributed by atoms with van der Waals surface area (Å²) in [4.78, 5) is 4.38. The quantitative estimate of drug-likeness (QED) is 0.432. The second-order valence-electron chi connectivity index (χ2n) is 6.33. The smallest absolute Gasteiger partial charge is 0.469 e. The molecular weight excluding hydrogens is 385 g/mol. The zero-order chi connectivity index (χ0) is 20.4. The number of hydrogen-bond acceptors (Lipinski definition) is 5. The topological polar surface area (TPSA) is 57.4 Å². The Kier molecular flexibility index (Phi) is 4.84. The summed E-state index contributed by atoms with van der Waals surface area (Å²) in [7, 11) is 0. The highest BCUT2D eigenvalue weighted by Gasteiger charge is 2.30. The predicted molar refractivity (Wildman–Crippen MR) is 99.4 cm³/mol. The third-order valence-corrected chi connectivity index (χ3v) is 4.16. The molecule has 2 aromatic carbocycles. The lowest BCUT2D eigenvalue weighted by atomic mass is 10.0. The minimum Gasteiger partial charge on any atom is -0.469 e. The number of fused-ring (bicyclic) bond motifs is 1. The van der Waals surface area contributed by atoms with Crippen molar-refractivity contribution in [3.05, 3.63) is 72.1 Å². The van der Waals surface area contributed by atoms with Gasteiger partial charge in [-0.2, -0.15) is 0 Å². The van der Waals surface area contributed by atoms with E-state index in [0.29, 0.717) is 22.4 Å². The molecule has 5 nitrogen and oxygen atoms in total. The molecule has 4 rings (SSSR count). The molecule has 0 fully saturated rings. The molecule has 0 unspecified atom stereocenters. The van der Waals surface area contributed by atoms with Gasteiger partial charge in [-0.15, -0.1) is 13.2 Å². The zero-order valence-electron chi connectivity index (χ0n) is 15.2. The van der Waals surface area contributed by atoms with Crippen LogP contribution >= 0.6 is 0 Å². The van der Waals surface area contributed by atoms with Gasteiger partial charge in [-0.3, -0.25) is 4.98 Å². The van der Waals surface area contributed by atoms with Gasteiger partial charge in [-0.1, -0.05) is 24.3 Å². The van der Waals surface area contributed by atoms with Gasteiger partial charge in [0.05, 0.1) is 11.1 Å². The molecule has 29 heavy (non-hydrogen) atoms. The molecule has 2 heterocycles. The molecule has 0 N–H and O–H groups in total. The maximum atomic E-state index is 12.3. The molecule has 0 atom stereocenters. The van der Waals surface area contributed by atoms with Crippen molar-refractivity contribution >= 4 is 11.0 Å². The normalized spacial score (nSPS) is 11.6. The number of alkyl halides is 3. The summed E-state index contributed by atoms with van der Waals surface area (Å²) in [6, 6.07) is 16.6. The van der Waals surface area contributed by atoms with Crippen molar-refractivity contribution in [1.82, 2.24) is 10.1 Å². The molecule has 8 heteroatoms. The number of ether oxygens (including phenoxy) is 2. The Labute approximate surface area is 163 Å². The van der Waals surface area contributed by atoms with Gasteiger partial charge < -0.3 is 14.0 Å². The summed E-state index contributed by atoms with van der Waals surface area (Å²) in [5.74, 6) is 0.0455. The zero-order valence-corrected chi connectivity index (χ0v) is 15.2. The van der Waals surface area contributed by atoms with Crippen LogP contribution in [0.3, 0.4) is 0 Å². The molecule has 4 aromatic rings. The lowest BCUT2D eigenvalue weighted by Gasteiger charge is -2.09. The maximum absolute atomic E-state index is 12.3. The van der Waals surface area contributed by atoms with Crippen LogP contribution in [0.25, 0.3) is 22.1 Å². The highest BCUT2D eigenvalue weighted by atomic mass is 19.4. The summed E-state index contributed by atoms with van der Waals surface area (Å²) in [5, 5.41) is 4.61. The van der Waals surface area contributed by atoms with E-state index < -0.39 is 6.36 Å². The number of aromatic nitrogens is 2. The van der Waals surface area contributed by atoms with E-state index in [2.05, 4.69) is 14.9 Å². The van der Waals surface area contributed by atoms with E-state index in [-0.39, 0.29) is 12.4 Å². The number of benzene rings is 2. The summed E-state index contributed by atoms with van der Waals surface area (Å²) in [5.41, 5.74) is 3.68. The Bertz CT molecular complexity index is 1140. The molecular formula is C21H15F3N2O3. The average molecular weight is 400 g/mol. The third-order valence-electron chi connectivity index (χ3n) is 4.16. The van der Waals surface area contributed by atoms with E-state index in [1.54, 1.807) is 24.3 Å². The predicted octanol–water partition coefficient (Wildman–Crippen LogP) is 5.68. The van der Waals surface area contributed by atoms with Gasteiger partial charge in [0.1, 0.15) is 12.4 Å². The van der Waals surface area contributed by atoms with Gasteiger partial charge in [0, 0.05) is 5.69 Å². The number of hydrogen-bond donors (Lipinski definition) is 0. The fraction of sp³-hybridized carbons (Fsp3) is 0.143. The summed E-state index contributed by atoms with van der Waals surface area (Å²) >= 11 is 0. The Hall–Kier alpha value is -3.55. The average Bonchev–Trinajstić information content (AvgIpc) is 3.08. The molecule has 0 spiro atoms. The Morgan fingerprint density at radius 1 is 0.966 bits per heavy atom. The second kappa shape index (κ2) is 7.46. The maximum Gasteiger partial charge on any atom is 0.573 e. The van der Waals surface area contributed by atoms with E-state index in [1.807, 2.05) is 31.2 Å². The standard InChI is InChI=1S/C21H15F3N2O3/c1-13-3-2-4-16(25-13)12-27-20-18-11-15(7-10-19(18)29-26-20)14-5-8-17(9-6-14)28-21(22,23)24/h2-11H,12H2,1H3. The lowest BCUT2D eigenvalue weighted by Crippen LogP contribution is -2.16. The van der Waals surface area contributed by atoms with Crippen LogP contribution in [0.15, 0.2) is 65.2 Å². The molecule has 0 aliphatic heterocycles. The SMILES string of the molecule is Cc1cccc(COc2noc3ccc(-c4ccc(OC(F)(F)F)cc4)cc23)n1. The number of nitrogens with zero attached hydrogens (tertiary/aromatic N) is 2. The largest absolute Gasteiger partial charge is 0.573 e. The molecule has 0 radical (unpaired) electrons. The summed E-state index contributed by atoms with van der Waals surface area (Å²) in [6.45, 7) is 2.13. The highest BCUT2D eigenvalue weighted by Crippen LogP contribution is 2.32. The fourth-order valence-electron chi connectivity index (χ4n) is 2.87. The number of aryl methyl sites for hydroxylation is 1. The van der Waals surface area contributed by atoms with Crippen molar-refractivity contribution in [1.29, 1.82) is 0 Å². The third kappa shape index (κ3) is 4.48. The first-order chi connectivity index (χ1) is 13.9.